The molecule has 0 spiro atoms. The summed E-state index contributed by atoms with van der Waals surface area (Å²) < 4.78 is 5.70. The second kappa shape index (κ2) is 4.84. The molecule has 2 nitrogen and oxygen atoms in total. The molecule has 0 amide bonds. The van der Waals surface area contributed by atoms with E-state index in [1.54, 1.807) is 6.07 Å². The van der Waals surface area contributed by atoms with E-state index in [9.17, 15) is 0 Å². The van der Waals surface area contributed by atoms with Crippen molar-refractivity contribution in [2.75, 3.05) is 0 Å². The SMILES string of the molecule is CC(C)Oc1ccc(C#N)cc1C(C)C. The van der Waals surface area contributed by atoms with Gasteiger partial charge >= 0.3 is 0 Å². The van der Waals surface area contributed by atoms with Crippen LogP contribution in [0, 0.1) is 11.3 Å². The predicted octanol–water partition coefficient (Wildman–Crippen LogP) is 3.47. The van der Waals surface area contributed by atoms with Crippen molar-refractivity contribution < 1.29 is 4.74 Å². The van der Waals surface area contributed by atoms with E-state index in [0.29, 0.717) is 11.5 Å². The molecule has 1 rings (SSSR count). The molecular weight excluding hydrogens is 186 g/mol. The lowest BCUT2D eigenvalue weighted by molar-refractivity contribution is 0.239. The molecule has 0 aliphatic rings. The van der Waals surface area contributed by atoms with Crippen molar-refractivity contribution >= 4 is 0 Å². The zero-order chi connectivity index (χ0) is 11.4. The first-order chi connectivity index (χ1) is 7.04. The summed E-state index contributed by atoms with van der Waals surface area (Å²) in [6.45, 7) is 8.21. The Balaban J connectivity index is 3.11. The Morgan fingerprint density at radius 1 is 1.20 bits per heavy atom. The van der Waals surface area contributed by atoms with Crippen LogP contribution in [-0.2, 0) is 0 Å². The molecule has 80 valence electrons. The second-order valence-electron chi connectivity index (χ2n) is 4.19. The summed E-state index contributed by atoms with van der Waals surface area (Å²) in [6.07, 6.45) is 0.162. The molecule has 1 aromatic carbocycles. The lowest BCUT2D eigenvalue weighted by atomic mass is 10.00. The number of benzene rings is 1. The van der Waals surface area contributed by atoms with Crippen molar-refractivity contribution in [1.82, 2.24) is 0 Å². The van der Waals surface area contributed by atoms with Crippen LogP contribution in [0.25, 0.3) is 0 Å². The molecule has 15 heavy (non-hydrogen) atoms. The Morgan fingerprint density at radius 3 is 2.33 bits per heavy atom. The molecular formula is C13H17NO. The van der Waals surface area contributed by atoms with E-state index < -0.39 is 0 Å². The fourth-order valence-corrected chi connectivity index (χ4v) is 1.43. The summed E-state index contributed by atoms with van der Waals surface area (Å²) in [5.74, 6) is 1.26. The van der Waals surface area contributed by atoms with E-state index in [0.717, 1.165) is 11.3 Å². The molecule has 0 radical (unpaired) electrons. The van der Waals surface area contributed by atoms with Gasteiger partial charge in [0.05, 0.1) is 17.7 Å². The number of nitrogens with zero attached hydrogens (tertiary/aromatic N) is 1. The summed E-state index contributed by atoms with van der Waals surface area (Å²) in [5.41, 5.74) is 1.79. The maximum absolute atomic E-state index is 8.83. The lowest BCUT2D eigenvalue weighted by Crippen LogP contribution is -2.08. The highest BCUT2D eigenvalue weighted by molar-refractivity contribution is 5.43. The number of nitriles is 1. The quantitative estimate of drug-likeness (QED) is 0.753. The highest BCUT2D eigenvalue weighted by Gasteiger charge is 2.10. The first-order valence-electron chi connectivity index (χ1n) is 5.25. The molecule has 0 fully saturated rings. The number of ether oxygens (including phenoxy) is 1. The molecule has 0 aliphatic heterocycles. The molecule has 0 saturated heterocycles. The summed E-state index contributed by atoms with van der Waals surface area (Å²) >= 11 is 0. The third-order valence-corrected chi connectivity index (χ3v) is 2.12. The predicted molar refractivity (Wildman–Crippen MR) is 61.0 cm³/mol. The normalized spacial score (nSPS) is 10.5. The molecule has 0 bridgehead atoms. The average molecular weight is 203 g/mol. The largest absolute Gasteiger partial charge is 0.491 e. The van der Waals surface area contributed by atoms with Crippen LogP contribution in [0.3, 0.4) is 0 Å². The minimum Gasteiger partial charge on any atom is -0.491 e. The van der Waals surface area contributed by atoms with Crippen LogP contribution in [-0.4, -0.2) is 6.10 Å². The van der Waals surface area contributed by atoms with Crippen LogP contribution in [0.15, 0.2) is 18.2 Å². The Bertz CT molecular complexity index is 375. The average Bonchev–Trinajstić information content (AvgIpc) is 2.17. The lowest BCUT2D eigenvalue weighted by Gasteiger charge is -2.16. The van der Waals surface area contributed by atoms with Gasteiger partial charge in [0.15, 0.2) is 0 Å². The standard InChI is InChI=1S/C13H17NO/c1-9(2)12-7-11(8-14)5-6-13(12)15-10(3)4/h5-7,9-10H,1-4H3. The van der Waals surface area contributed by atoms with Crippen molar-refractivity contribution in [2.45, 2.75) is 39.7 Å². The van der Waals surface area contributed by atoms with Crippen molar-refractivity contribution in [1.29, 1.82) is 5.26 Å². The summed E-state index contributed by atoms with van der Waals surface area (Å²) in [7, 11) is 0. The van der Waals surface area contributed by atoms with Gasteiger partial charge in [-0.05, 0) is 43.5 Å². The van der Waals surface area contributed by atoms with E-state index in [2.05, 4.69) is 19.9 Å². The van der Waals surface area contributed by atoms with Crippen LogP contribution >= 0.6 is 0 Å². The molecule has 2 heteroatoms. The topological polar surface area (TPSA) is 33.0 Å². The van der Waals surface area contributed by atoms with Crippen LogP contribution in [0.4, 0.5) is 0 Å². The zero-order valence-electron chi connectivity index (χ0n) is 9.74. The molecule has 0 heterocycles. The second-order valence-corrected chi connectivity index (χ2v) is 4.19. The van der Waals surface area contributed by atoms with E-state index in [1.807, 2.05) is 26.0 Å². The van der Waals surface area contributed by atoms with E-state index >= 15 is 0 Å². The maximum atomic E-state index is 8.83. The monoisotopic (exact) mass is 203 g/mol. The first kappa shape index (κ1) is 11.6. The molecule has 0 saturated carbocycles. The van der Waals surface area contributed by atoms with Gasteiger partial charge in [-0.2, -0.15) is 5.26 Å². The Hall–Kier alpha value is -1.49. The van der Waals surface area contributed by atoms with Crippen LogP contribution in [0.5, 0.6) is 5.75 Å². The Morgan fingerprint density at radius 2 is 1.87 bits per heavy atom. The molecule has 1 aromatic rings. The van der Waals surface area contributed by atoms with Gasteiger partial charge in [0, 0.05) is 0 Å². The number of hydrogen-bond donors (Lipinski definition) is 0. The molecule has 0 aliphatic carbocycles. The smallest absolute Gasteiger partial charge is 0.123 e. The van der Waals surface area contributed by atoms with Gasteiger partial charge in [-0.15, -0.1) is 0 Å². The number of hydrogen-bond acceptors (Lipinski definition) is 2. The third-order valence-electron chi connectivity index (χ3n) is 2.12. The fraction of sp³-hybridized carbons (Fsp3) is 0.462. The Kier molecular flexibility index (Phi) is 3.74. The number of rotatable bonds is 3. The third kappa shape index (κ3) is 2.99. The van der Waals surface area contributed by atoms with Crippen molar-refractivity contribution in [2.24, 2.45) is 0 Å². The highest BCUT2D eigenvalue weighted by Crippen LogP contribution is 2.28. The van der Waals surface area contributed by atoms with E-state index in [1.165, 1.54) is 0 Å². The molecule has 0 unspecified atom stereocenters. The van der Waals surface area contributed by atoms with Gasteiger partial charge in [-0.3, -0.25) is 0 Å². The van der Waals surface area contributed by atoms with E-state index in [-0.39, 0.29) is 6.10 Å². The van der Waals surface area contributed by atoms with Crippen molar-refractivity contribution in [3.05, 3.63) is 29.3 Å². The highest BCUT2D eigenvalue weighted by atomic mass is 16.5. The van der Waals surface area contributed by atoms with Crippen LogP contribution in [0.2, 0.25) is 0 Å². The maximum Gasteiger partial charge on any atom is 0.123 e. The van der Waals surface area contributed by atoms with Gasteiger partial charge in [-0.25, -0.2) is 0 Å². The van der Waals surface area contributed by atoms with E-state index in [4.69, 9.17) is 10.00 Å². The Labute approximate surface area is 91.5 Å². The molecule has 0 aromatic heterocycles. The summed E-state index contributed by atoms with van der Waals surface area (Å²) in [6, 6.07) is 7.73. The fourth-order valence-electron chi connectivity index (χ4n) is 1.43. The molecule has 0 atom stereocenters. The van der Waals surface area contributed by atoms with Gasteiger partial charge in [0.2, 0.25) is 0 Å². The van der Waals surface area contributed by atoms with Gasteiger partial charge in [-0.1, -0.05) is 13.8 Å². The minimum atomic E-state index is 0.162. The summed E-state index contributed by atoms with van der Waals surface area (Å²) in [4.78, 5) is 0. The van der Waals surface area contributed by atoms with Gasteiger partial charge < -0.3 is 4.74 Å². The zero-order valence-corrected chi connectivity index (χ0v) is 9.74. The van der Waals surface area contributed by atoms with Gasteiger partial charge in [0.25, 0.3) is 0 Å². The van der Waals surface area contributed by atoms with Crippen LogP contribution < -0.4 is 4.74 Å². The summed E-state index contributed by atoms with van der Waals surface area (Å²) in [5, 5.41) is 8.83. The van der Waals surface area contributed by atoms with Crippen LogP contribution in [0.1, 0.15) is 44.7 Å². The van der Waals surface area contributed by atoms with Crippen molar-refractivity contribution in [3.8, 4) is 11.8 Å². The molecule has 0 N–H and O–H groups in total. The first-order valence-corrected chi connectivity index (χ1v) is 5.25. The van der Waals surface area contributed by atoms with Crippen molar-refractivity contribution in [3.63, 3.8) is 0 Å². The van der Waals surface area contributed by atoms with Gasteiger partial charge in [0.1, 0.15) is 5.75 Å². The minimum absolute atomic E-state index is 0.162.